The number of nitrogens with zero attached hydrogens (tertiary/aromatic N) is 2. The van der Waals surface area contributed by atoms with Crippen LogP contribution in [-0.2, 0) is 0 Å². The van der Waals surface area contributed by atoms with E-state index in [-0.39, 0.29) is 0 Å². The third kappa shape index (κ3) is 1.48. The highest BCUT2D eigenvalue weighted by atomic mass is 32.1. The molecule has 0 saturated carbocycles. The number of fused-ring (bicyclic) bond motifs is 1. The summed E-state index contributed by atoms with van der Waals surface area (Å²) in [4.78, 5) is 8.11. The van der Waals surface area contributed by atoms with E-state index in [4.69, 9.17) is 0 Å². The van der Waals surface area contributed by atoms with E-state index in [9.17, 15) is 0 Å². The predicted octanol–water partition coefficient (Wildman–Crippen LogP) is 4.85. The van der Waals surface area contributed by atoms with E-state index in [1.165, 1.54) is 21.1 Å². The van der Waals surface area contributed by atoms with Crippen LogP contribution in [0.4, 0.5) is 0 Å². The van der Waals surface area contributed by atoms with E-state index in [1.54, 1.807) is 34.0 Å². The van der Waals surface area contributed by atoms with Gasteiger partial charge in [-0.25, -0.2) is 4.98 Å². The van der Waals surface area contributed by atoms with Gasteiger partial charge in [-0.2, -0.15) is 0 Å². The number of hydrogen-bond donors (Lipinski definition) is 0. The van der Waals surface area contributed by atoms with Gasteiger partial charge in [0.1, 0.15) is 0 Å². The summed E-state index contributed by atoms with van der Waals surface area (Å²) in [5.41, 5.74) is 2.43. The minimum Gasteiger partial charge on any atom is -0.281 e. The van der Waals surface area contributed by atoms with Gasteiger partial charge in [0.05, 0.1) is 27.3 Å². The van der Waals surface area contributed by atoms with Gasteiger partial charge < -0.3 is 0 Å². The zero-order valence-corrected chi connectivity index (χ0v) is 11.7. The zero-order chi connectivity index (χ0) is 11.9. The first-order valence-electron chi connectivity index (χ1n) is 5.46. The molecule has 88 valence electrons. The lowest BCUT2D eigenvalue weighted by molar-refractivity contribution is 1.25. The van der Waals surface area contributed by atoms with E-state index in [1.807, 2.05) is 6.20 Å². The highest BCUT2D eigenvalue weighted by molar-refractivity contribution is 7.17. The minimum absolute atomic E-state index is 1.06. The van der Waals surface area contributed by atoms with E-state index in [0.29, 0.717) is 0 Å². The van der Waals surface area contributed by atoms with Crippen molar-refractivity contribution >= 4 is 39.0 Å². The quantitative estimate of drug-likeness (QED) is 0.515. The zero-order valence-electron chi connectivity index (χ0n) is 9.24. The molecule has 0 aliphatic rings. The maximum Gasteiger partial charge on any atom is 0.194 e. The summed E-state index contributed by atoms with van der Waals surface area (Å²) >= 11 is 5.21. The van der Waals surface area contributed by atoms with Gasteiger partial charge in [-0.1, -0.05) is 12.1 Å². The Morgan fingerprint density at radius 3 is 2.28 bits per heavy atom. The Kier molecular flexibility index (Phi) is 2.36. The van der Waals surface area contributed by atoms with Crippen molar-refractivity contribution in [2.45, 2.75) is 0 Å². The Bertz CT molecular complexity index is 712. The Labute approximate surface area is 116 Å². The fourth-order valence-corrected chi connectivity index (χ4v) is 4.40. The smallest absolute Gasteiger partial charge is 0.194 e. The number of aromatic nitrogens is 2. The van der Waals surface area contributed by atoms with E-state index in [0.717, 1.165) is 4.96 Å². The molecule has 4 rings (SSSR count). The van der Waals surface area contributed by atoms with Crippen LogP contribution in [0.2, 0.25) is 0 Å². The average Bonchev–Trinajstić information content (AvgIpc) is 3.14. The molecule has 0 unspecified atom stereocenters. The average molecular weight is 288 g/mol. The van der Waals surface area contributed by atoms with Crippen molar-refractivity contribution in [1.82, 2.24) is 9.38 Å². The second-order valence-electron chi connectivity index (χ2n) is 3.84. The molecule has 0 atom stereocenters. The molecule has 0 spiro atoms. The topological polar surface area (TPSA) is 17.3 Å². The molecule has 0 bridgehead atoms. The lowest BCUT2D eigenvalue weighted by Crippen LogP contribution is -1.85. The summed E-state index contributed by atoms with van der Waals surface area (Å²) in [6, 6.07) is 8.47. The molecule has 0 aromatic carbocycles. The van der Waals surface area contributed by atoms with Crippen LogP contribution in [0, 0.1) is 0 Å². The van der Waals surface area contributed by atoms with Gasteiger partial charge in [0, 0.05) is 5.38 Å². The maximum absolute atomic E-state index is 4.50. The Morgan fingerprint density at radius 2 is 1.61 bits per heavy atom. The SMILES string of the molecule is c1csc(-c2cnc3scc(-c4cccs4)n23)c1. The van der Waals surface area contributed by atoms with E-state index >= 15 is 0 Å². The van der Waals surface area contributed by atoms with Crippen LogP contribution in [0.3, 0.4) is 0 Å². The van der Waals surface area contributed by atoms with Gasteiger partial charge in [-0.15, -0.1) is 34.0 Å². The number of thiazole rings is 1. The van der Waals surface area contributed by atoms with Gasteiger partial charge >= 0.3 is 0 Å². The Morgan fingerprint density at radius 1 is 0.889 bits per heavy atom. The molecule has 0 aliphatic carbocycles. The van der Waals surface area contributed by atoms with Crippen LogP contribution in [0.25, 0.3) is 26.1 Å². The largest absolute Gasteiger partial charge is 0.281 e. The van der Waals surface area contributed by atoms with Crippen molar-refractivity contribution in [3.05, 3.63) is 46.6 Å². The fourth-order valence-electron chi connectivity index (χ4n) is 2.00. The highest BCUT2D eigenvalue weighted by Crippen LogP contribution is 2.34. The van der Waals surface area contributed by atoms with Crippen LogP contribution in [0.15, 0.2) is 46.6 Å². The van der Waals surface area contributed by atoms with Crippen LogP contribution < -0.4 is 0 Å². The number of thiophene rings is 2. The van der Waals surface area contributed by atoms with Gasteiger partial charge in [-0.05, 0) is 22.9 Å². The maximum atomic E-state index is 4.50. The molecule has 0 fully saturated rings. The summed E-state index contributed by atoms with van der Waals surface area (Å²) in [5.74, 6) is 0. The molecule has 4 aromatic heterocycles. The molecular weight excluding hydrogens is 280 g/mol. The first-order valence-corrected chi connectivity index (χ1v) is 8.10. The predicted molar refractivity (Wildman–Crippen MR) is 79.7 cm³/mol. The van der Waals surface area contributed by atoms with Crippen LogP contribution in [-0.4, -0.2) is 9.38 Å². The normalized spacial score (nSPS) is 11.3. The summed E-state index contributed by atoms with van der Waals surface area (Å²) in [6.45, 7) is 0. The van der Waals surface area contributed by atoms with Gasteiger partial charge in [0.25, 0.3) is 0 Å². The Balaban J connectivity index is 2.03. The third-order valence-corrected chi connectivity index (χ3v) is 5.42. The molecule has 2 nitrogen and oxygen atoms in total. The first-order chi connectivity index (χ1) is 8.93. The summed E-state index contributed by atoms with van der Waals surface area (Å²) < 4.78 is 2.25. The summed E-state index contributed by atoms with van der Waals surface area (Å²) in [5, 5.41) is 6.40. The monoisotopic (exact) mass is 288 g/mol. The Hall–Kier alpha value is -1.43. The fraction of sp³-hybridized carbons (Fsp3) is 0. The molecule has 0 amide bonds. The molecule has 0 saturated heterocycles. The van der Waals surface area contributed by atoms with Gasteiger partial charge in [0.2, 0.25) is 0 Å². The summed E-state index contributed by atoms with van der Waals surface area (Å²) in [7, 11) is 0. The summed E-state index contributed by atoms with van der Waals surface area (Å²) in [6.07, 6.45) is 1.97. The van der Waals surface area contributed by atoms with Crippen LogP contribution in [0.1, 0.15) is 0 Å². The molecule has 18 heavy (non-hydrogen) atoms. The standard InChI is InChI=1S/C13H8N2S3/c1-3-11(16-5-1)9-7-14-13-15(9)10(8-18-13)12-4-2-6-17-12/h1-8H. The minimum atomic E-state index is 1.06. The molecule has 0 radical (unpaired) electrons. The van der Waals surface area contributed by atoms with Crippen molar-refractivity contribution in [2.75, 3.05) is 0 Å². The first kappa shape index (κ1) is 10.5. The molecular formula is C13H8N2S3. The molecule has 4 heterocycles. The van der Waals surface area contributed by atoms with Gasteiger partial charge in [0.15, 0.2) is 4.96 Å². The third-order valence-electron chi connectivity index (χ3n) is 2.79. The lowest BCUT2D eigenvalue weighted by Gasteiger charge is -1.99. The lowest BCUT2D eigenvalue weighted by atomic mass is 10.3. The second kappa shape index (κ2) is 4.05. The van der Waals surface area contributed by atoms with Crippen molar-refractivity contribution in [2.24, 2.45) is 0 Å². The second-order valence-corrected chi connectivity index (χ2v) is 6.57. The molecule has 0 aliphatic heterocycles. The van der Waals surface area contributed by atoms with Crippen molar-refractivity contribution in [3.63, 3.8) is 0 Å². The molecule has 4 aromatic rings. The molecule has 5 heteroatoms. The van der Waals surface area contributed by atoms with Crippen LogP contribution >= 0.6 is 34.0 Å². The van der Waals surface area contributed by atoms with E-state index < -0.39 is 0 Å². The van der Waals surface area contributed by atoms with Crippen molar-refractivity contribution in [1.29, 1.82) is 0 Å². The number of hydrogen-bond acceptors (Lipinski definition) is 4. The van der Waals surface area contributed by atoms with E-state index in [2.05, 4.69) is 49.8 Å². The van der Waals surface area contributed by atoms with Gasteiger partial charge in [-0.3, -0.25) is 4.40 Å². The van der Waals surface area contributed by atoms with Crippen LogP contribution in [0.5, 0.6) is 0 Å². The van der Waals surface area contributed by atoms with Crippen molar-refractivity contribution < 1.29 is 0 Å². The number of imidazole rings is 1. The number of rotatable bonds is 2. The highest BCUT2D eigenvalue weighted by Gasteiger charge is 2.13. The molecule has 0 N–H and O–H groups in total. The van der Waals surface area contributed by atoms with Crippen molar-refractivity contribution in [3.8, 4) is 21.1 Å².